The number of nitrogens with zero attached hydrogens (tertiary/aromatic N) is 4. The number of nitrogen functional groups attached to an aromatic ring is 1. The SMILES string of the molecule is COc1c(N2CC(F)C(CNCCC#N)C2)c(F)cc2c(=O)n(N)c(=O)n(C3CC3)c12. The Kier molecular flexibility index (Phi) is 5.58. The van der Waals surface area contributed by atoms with Gasteiger partial charge in [0.2, 0.25) is 0 Å². The summed E-state index contributed by atoms with van der Waals surface area (Å²) in [6.07, 6.45) is 0.570. The van der Waals surface area contributed by atoms with Gasteiger partial charge in [-0.25, -0.2) is 13.6 Å². The molecule has 1 aromatic carbocycles. The Morgan fingerprint density at radius 3 is 2.74 bits per heavy atom. The first-order chi connectivity index (χ1) is 14.9. The number of ether oxygens (including phenoxy) is 1. The molecule has 0 bridgehead atoms. The molecule has 2 aromatic rings. The summed E-state index contributed by atoms with van der Waals surface area (Å²) in [5, 5.41) is 11.6. The van der Waals surface area contributed by atoms with Gasteiger partial charge in [0.15, 0.2) is 11.6 Å². The van der Waals surface area contributed by atoms with Crippen molar-refractivity contribution in [3.05, 3.63) is 32.7 Å². The minimum Gasteiger partial charge on any atom is -0.492 e. The molecule has 2 aliphatic rings. The van der Waals surface area contributed by atoms with Crippen molar-refractivity contribution in [1.82, 2.24) is 14.6 Å². The summed E-state index contributed by atoms with van der Waals surface area (Å²) in [6, 6.07) is 2.91. The molecule has 1 aromatic heterocycles. The summed E-state index contributed by atoms with van der Waals surface area (Å²) >= 11 is 0. The number of rotatable bonds is 7. The van der Waals surface area contributed by atoms with Gasteiger partial charge in [-0.15, -0.1) is 0 Å². The van der Waals surface area contributed by atoms with E-state index in [1.165, 1.54) is 11.7 Å². The molecule has 0 radical (unpaired) electrons. The third-order valence-electron chi connectivity index (χ3n) is 5.90. The van der Waals surface area contributed by atoms with Gasteiger partial charge in [-0.2, -0.15) is 9.94 Å². The molecule has 1 saturated carbocycles. The van der Waals surface area contributed by atoms with E-state index in [0.29, 0.717) is 24.2 Å². The third kappa shape index (κ3) is 3.61. The van der Waals surface area contributed by atoms with Crippen molar-refractivity contribution in [3.63, 3.8) is 0 Å². The van der Waals surface area contributed by atoms with Crippen LogP contribution in [0, 0.1) is 23.1 Å². The molecule has 4 rings (SSSR count). The van der Waals surface area contributed by atoms with E-state index in [0.717, 1.165) is 18.9 Å². The Hall–Kier alpha value is -3.13. The number of benzene rings is 1. The molecule has 3 N–H and O–H groups in total. The van der Waals surface area contributed by atoms with Crippen LogP contribution in [-0.2, 0) is 0 Å². The predicted octanol–water partition coefficient (Wildman–Crippen LogP) is 0.637. The second-order valence-corrected chi connectivity index (χ2v) is 7.99. The molecule has 1 aliphatic heterocycles. The topological polar surface area (TPSA) is 118 Å². The Labute approximate surface area is 176 Å². The largest absolute Gasteiger partial charge is 0.492 e. The molecule has 9 nitrogen and oxygen atoms in total. The fraction of sp³-hybridized carbons (Fsp3) is 0.550. The van der Waals surface area contributed by atoms with Crippen LogP contribution in [0.1, 0.15) is 25.3 Å². The van der Waals surface area contributed by atoms with E-state index in [1.54, 1.807) is 4.90 Å². The van der Waals surface area contributed by atoms with Crippen LogP contribution in [0.5, 0.6) is 5.75 Å². The monoisotopic (exact) mass is 434 g/mol. The highest BCUT2D eigenvalue weighted by Gasteiger charge is 2.37. The van der Waals surface area contributed by atoms with Crippen molar-refractivity contribution in [2.75, 3.05) is 44.0 Å². The van der Waals surface area contributed by atoms with Crippen molar-refractivity contribution in [1.29, 1.82) is 5.26 Å². The van der Waals surface area contributed by atoms with E-state index in [4.69, 9.17) is 15.8 Å². The lowest BCUT2D eigenvalue weighted by Crippen LogP contribution is -2.44. The van der Waals surface area contributed by atoms with E-state index in [-0.39, 0.29) is 41.5 Å². The number of nitrogens with two attached hydrogens (primary N) is 1. The fourth-order valence-corrected chi connectivity index (χ4v) is 4.23. The molecule has 1 saturated heterocycles. The number of nitriles is 1. The maximum Gasteiger partial charge on any atom is 0.350 e. The molecule has 0 spiro atoms. The van der Waals surface area contributed by atoms with Gasteiger partial charge in [-0.3, -0.25) is 9.36 Å². The Morgan fingerprint density at radius 2 is 2.10 bits per heavy atom. The fourth-order valence-electron chi connectivity index (χ4n) is 4.23. The van der Waals surface area contributed by atoms with Gasteiger partial charge < -0.3 is 20.8 Å². The zero-order chi connectivity index (χ0) is 22.3. The lowest BCUT2D eigenvalue weighted by atomic mass is 10.1. The average molecular weight is 434 g/mol. The highest BCUT2D eigenvalue weighted by atomic mass is 19.1. The van der Waals surface area contributed by atoms with E-state index < -0.39 is 29.2 Å². The molecule has 11 heteroatoms. The van der Waals surface area contributed by atoms with Crippen LogP contribution in [-0.4, -0.2) is 48.7 Å². The molecule has 2 unspecified atom stereocenters. The first-order valence-corrected chi connectivity index (χ1v) is 10.2. The number of methoxy groups -OCH3 is 1. The molecule has 31 heavy (non-hydrogen) atoms. The Balaban J connectivity index is 1.79. The number of aromatic nitrogens is 2. The number of alkyl halides is 1. The zero-order valence-corrected chi connectivity index (χ0v) is 17.1. The number of fused-ring (bicyclic) bond motifs is 1. The molecule has 166 valence electrons. The van der Waals surface area contributed by atoms with Crippen molar-refractivity contribution >= 4 is 16.6 Å². The molecular weight excluding hydrogens is 410 g/mol. The van der Waals surface area contributed by atoms with Crippen LogP contribution >= 0.6 is 0 Å². The van der Waals surface area contributed by atoms with Crippen LogP contribution < -0.4 is 32.0 Å². The summed E-state index contributed by atoms with van der Waals surface area (Å²) in [7, 11) is 1.33. The van der Waals surface area contributed by atoms with Crippen LogP contribution in [0.15, 0.2) is 15.7 Å². The molecule has 0 amide bonds. The Bertz CT molecular complexity index is 1170. The van der Waals surface area contributed by atoms with Crippen LogP contribution in [0.2, 0.25) is 0 Å². The van der Waals surface area contributed by atoms with Gasteiger partial charge in [-0.05, 0) is 18.9 Å². The molecular formula is C20H24F2N6O3. The minimum atomic E-state index is -1.21. The molecule has 2 atom stereocenters. The lowest BCUT2D eigenvalue weighted by molar-refractivity contribution is 0.277. The van der Waals surface area contributed by atoms with Crippen LogP contribution in [0.3, 0.4) is 0 Å². The molecule has 2 heterocycles. The standard InChI is InChI=1S/C20H24F2N6O3/c1-31-18-16-13(19(29)28(24)20(30)27(16)12-3-4-12)7-14(21)17(18)26-9-11(15(22)10-26)8-25-6-2-5-23/h7,11-12,15,25H,2-4,6,8-10,24H2,1H3. The van der Waals surface area contributed by atoms with E-state index in [2.05, 4.69) is 5.32 Å². The predicted molar refractivity (Wildman–Crippen MR) is 111 cm³/mol. The van der Waals surface area contributed by atoms with Crippen molar-refractivity contribution < 1.29 is 13.5 Å². The lowest BCUT2D eigenvalue weighted by Gasteiger charge is -2.24. The number of hydrogen-bond donors (Lipinski definition) is 2. The summed E-state index contributed by atoms with van der Waals surface area (Å²) in [4.78, 5) is 26.8. The van der Waals surface area contributed by atoms with Gasteiger partial charge in [0, 0.05) is 44.6 Å². The first kappa shape index (κ1) is 21.1. The van der Waals surface area contributed by atoms with Gasteiger partial charge in [0.1, 0.15) is 17.4 Å². The van der Waals surface area contributed by atoms with Crippen LogP contribution in [0.4, 0.5) is 14.5 Å². The van der Waals surface area contributed by atoms with Crippen LogP contribution in [0.25, 0.3) is 10.9 Å². The van der Waals surface area contributed by atoms with Gasteiger partial charge >= 0.3 is 5.69 Å². The number of hydrogen-bond acceptors (Lipinski definition) is 7. The van der Waals surface area contributed by atoms with E-state index in [1.807, 2.05) is 6.07 Å². The number of halogens is 2. The van der Waals surface area contributed by atoms with Gasteiger partial charge in [0.05, 0.1) is 18.6 Å². The smallest absolute Gasteiger partial charge is 0.350 e. The van der Waals surface area contributed by atoms with E-state index in [9.17, 15) is 14.0 Å². The minimum absolute atomic E-state index is 0.0279. The average Bonchev–Trinajstić information content (AvgIpc) is 3.52. The highest BCUT2D eigenvalue weighted by molar-refractivity contribution is 5.91. The maximum absolute atomic E-state index is 15.2. The number of anilines is 1. The van der Waals surface area contributed by atoms with Crippen molar-refractivity contribution in [2.45, 2.75) is 31.5 Å². The highest BCUT2D eigenvalue weighted by Crippen LogP contribution is 2.43. The Morgan fingerprint density at radius 1 is 1.35 bits per heavy atom. The maximum atomic E-state index is 15.2. The summed E-state index contributed by atoms with van der Waals surface area (Å²) < 4.78 is 37.3. The zero-order valence-electron chi connectivity index (χ0n) is 17.1. The summed E-state index contributed by atoms with van der Waals surface area (Å²) in [5.74, 6) is 4.53. The summed E-state index contributed by atoms with van der Waals surface area (Å²) in [5.41, 5.74) is -1.30. The van der Waals surface area contributed by atoms with Gasteiger partial charge in [0.25, 0.3) is 5.56 Å². The second kappa shape index (κ2) is 8.19. The van der Waals surface area contributed by atoms with Crippen molar-refractivity contribution in [2.24, 2.45) is 5.92 Å². The third-order valence-corrected chi connectivity index (χ3v) is 5.90. The summed E-state index contributed by atoms with van der Waals surface area (Å²) in [6.45, 7) is 0.972. The quantitative estimate of drug-likeness (QED) is 0.485. The second-order valence-electron chi connectivity index (χ2n) is 7.99. The van der Waals surface area contributed by atoms with Gasteiger partial charge in [-0.1, -0.05) is 0 Å². The normalized spacial score (nSPS) is 20.9. The number of nitrogens with one attached hydrogen (secondary N) is 1. The first-order valence-electron chi connectivity index (χ1n) is 10.2. The van der Waals surface area contributed by atoms with E-state index >= 15 is 4.39 Å². The van der Waals surface area contributed by atoms with Crippen molar-refractivity contribution in [3.8, 4) is 11.8 Å². The molecule has 2 fully saturated rings. The molecule has 1 aliphatic carbocycles.